The van der Waals surface area contributed by atoms with Gasteiger partial charge in [0.05, 0.1) is 5.69 Å². The summed E-state index contributed by atoms with van der Waals surface area (Å²) in [6.45, 7) is 7.87. The highest BCUT2D eigenvalue weighted by molar-refractivity contribution is 5.79. The molecule has 5 heteroatoms. The fraction of sp³-hybridized carbons (Fsp3) is 0.692. The first-order valence-corrected chi connectivity index (χ1v) is 6.48. The molecule has 1 fully saturated rings. The van der Waals surface area contributed by atoms with E-state index in [1.807, 2.05) is 13.8 Å². The van der Waals surface area contributed by atoms with Crippen LogP contribution in [-0.4, -0.2) is 24.7 Å². The van der Waals surface area contributed by atoms with Crippen LogP contribution in [0, 0.1) is 25.7 Å². The van der Waals surface area contributed by atoms with Crippen LogP contribution in [0.2, 0.25) is 0 Å². The van der Waals surface area contributed by atoms with E-state index in [9.17, 15) is 0 Å². The van der Waals surface area contributed by atoms with E-state index in [2.05, 4.69) is 27.7 Å². The number of aromatic nitrogens is 1. The SMILES string of the molecule is CN=C(NCc1c(C)noc1C)NCC1CC1C. The Hall–Kier alpha value is -1.52. The van der Waals surface area contributed by atoms with Crippen LogP contribution in [0.1, 0.15) is 30.4 Å². The molecule has 100 valence electrons. The molecule has 1 heterocycles. The lowest BCUT2D eigenvalue weighted by atomic mass is 10.2. The molecular formula is C13H22N4O. The van der Waals surface area contributed by atoms with Crippen molar-refractivity contribution in [1.82, 2.24) is 15.8 Å². The van der Waals surface area contributed by atoms with Crippen molar-refractivity contribution in [3.8, 4) is 0 Å². The quantitative estimate of drug-likeness (QED) is 0.629. The van der Waals surface area contributed by atoms with Gasteiger partial charge in [-0.1, -0.05) is 12.1 Å². The molecule has 0 saturated heterocycles. The molecule has 0 aliphatic heterocycles. The molecule has 0 aromatic carbocycles. The van der Waals surface area contributed by atoms with Crippen LogP contribution in [0.15, 0.2) is 9.52 Å². The molecule has 2 atom stereocenters. The third-order valence-corrected chi connectivity index (χ3v) is 3.65. The monoisotopic (exact) mass is 250 g/mol. The molecule has 0 bridgehead atoms. The minimum atomic E-state index is 0.695. The average molecular weight is 250 g/mol. The topological polar surface area (TPSA) is 62.5 Å². The van der Waals surface area contributed by atoms with Crippen molar-refractivity contribution in [2.45, 2.75) is 33.7 Å². The van der Waals surface area contributed by atoms with Crippen LogP contribution in [0.5, 0.6) is 0 Å². The van der Waals surface area contributed by atoms with E-state index in [1.165, 1.54) is 6.42 Å². The summed E-state index contributed by atoms with van der Waals surface area (Å²) in [7, 11) is 1.79. The van der Waals surface area contributed by atoms with Crippen molar-refractivity contribution in [1.29, 1.82) is 0 Å². The summed E-state index contributed by atoms with van der Waals surface area (Å²) in [6, 6.07) is 0. The van der Waals surface area contributed by atoms with Crippen LogP contribution in [0.25, 0.3) is 0 Å². The van der Waals surface area contributed by atoms with Gasteiger partial charge in [-0.3, -0.25) is 4.99 Å². The molecule has 2 N–H and O–H groups in total. The molecule has 0 spiro atoms. The molecule has 0 radical (unpaired) electrons. The van der Waals surface area contributed by atoms with Gasteiger partial charge in [0, 0.05) is 25.7 Å². The van der Waals surface area contributed by atoms with Crippen molar-refractivity contribution in [2.24, 2.45) is 16.8 Å². The lowest BCUT2D eigenvalue weighted by molar-refractivity contribution is 0.392. The average Bonchev–Trinajstić information content (AvgIpc) is 2.97. The molecule has 2 unspecified atom stereocenters. The zero-order valence-corrected chi connectivity index (χ0v) is 11.6. The van der Waals surface area contributed by atoms with Gasteiger partial charge in [0.1, 0.15) is 5.76 Å². The molecular weight excluding hydrogens is 228 g/mol. The predicted octanol–water partition coefficient (Wildman–Crippen LogP) is 1.61. The Bertz CT molecular complexity index is 419. The fourth-order valence-electron chi connectivity index (χ4n) is 2.06. The molecule has 1 aromatic heterocycles. The summed E-state index contributed by atoms with van der Waals surface area (Å²) < 4.78 is 5.13. The van der Waals surface area contributed by atoms with Crippen LogP contribution in [0.4, 0.5) is 0 Å². The van der Waals surface area contributed by atoms with Crippen LogP contribution in [-0.2, 0) is 6.54 Å². The Morgan fingerprint density at radius 2 is 2.17 bits per heavy atom. The van der Waals surface area contributed by atoms with E-state index in [0.717, 1.165) is 41.4 Å². The van der Waals surface area contributed by atoms with Crippen molar-refractivity contribution in [2.75, 3.05) is 13.6 Å². The minimum Gasteiger partial charge on any atom is -0.361 e. The third-order valence-electron chi connectivity index (χ3n) is 3.65. The minimum absolute atomic E-state index is 0.695. The van der Waals surface area contributed by atoms with Gasteiger partial charge in [0.25, 0.3) is 0 Å². The first kappa shape index (κ1) is 12.9. The standard InChI is InChI=1S/C13H22N4O/c1-8-5-11(8)6-15-13(14-4)16-7-12-9(2)17-18-10(12)3/h8,11H,5-7H2,1-4H3,(H2,14,15,16). The van der Waals surface area contributed by atoms with E-state index in [1.54, 1.807) is 7.05 Å². The first-order valence-electron chi connectivity index (χ1n) is 6.48. The normalized spacial score (nSPS) is 23.0. The molecule has 1 aliphatic carbocycles. The largest absolute Gasteiger partial charge is 0.361 e. The summed E-state index contributed by atoms with van der Waals surface area (Å²) in [5.74, 6) is 3.38. The van der Waals surface area contributed by atoms with E-state index < -0.39 is 0 Å². The van der Waals surface area contributed by atoms with Crippen molar-refractivity contribution in [3.63, 3.8) is 0 Å². The summed E-state index contributed by atoms with van der Waals surface area (Å²) in [5, 5.41) is 10.6. The van der Waals surface area contributed by atoms with Gasteiger partial charge < -0.3 is 15.2 Å². The van der Waals surface area contributed by atoms with Gasteiger partial charge in [-0.15, -0.1) is 0 Å². The van der Waals surface area contributed by atoms with E-state index in [0.29, 0.717) is 6.54 Å². The Labute approximate surface area is 108 Å². The third kappa shape index (κ3) is 3.03. The van der Waals surface area contributed by atoms with Gasteiger partial charge in [0.15, 0.2) is 5.96 Å². The molecule has 18 heavy (non-hydrogen) atoms. The van der Waals surface area contributed by atoms with Crippen molar-refractivity contribution in [3.05, 3.63) is 17.0 Å². The zero-order valence-electron chi connectivity index (χ0n) is 11.6. The van der Waals surface area contributed by atoms with Crippen molar-refractivity contribution >= 4 is 5.96 Å². The second-order valence-corrected chi connectivity index (χ2v) is 5.08. The number of hydrogen-bond acceptors (Lipinski definition) is 3. The maximum atomic E-state index is 5.13. The number of nitrogens with zero attached hydrogens (tertiary/aromatic N) is 2. The summed E-state index contributed by atoms with van der Waals surface area (Å²) in [6.07, 6.45) is 1.33. The van der Waals surface area contributed by atoms with Gasteiger partial charge in [-0.25, -0.2) is 0 Å². The van der Waals surface area contributed by atoms with Crippen molar-refractivity contribution < 1.29 is 4.52 Å². The number of hydrogen-bond donors (Lipinski definition) is 2. The van der Waals surface area contributed by atoms with E-state index >= 15 is 0 Å². The Morgan fingerprint density at radius 3 is 2.67 bits per heavy atom. The van der Waals surface area contributed by atoms with Gasteiger partial charge in [0.2, 0.25) is 0 Å². The number of aliphatic imine (C=N–C) groups is 1. The highest BCUT2D eigenvalue weighted by atomic mass is 16.5. The fourth-order valence-corrected chi connectivity index (χ4v) is 2.06. The molecule has 5 nitrogen and oxygen atoms in total. The number of guanidine groups is 1. The predicted molar refractivity (Wildman–Crippen MR) is 71.4 cm³/mol. The lowest BCUT2D eigenvalue weighted by Crippen LogP contribution is -2.38. The molecule has 1 aromatic rings. The summed E-state index contributed by atoms with van der Waals surface area (Å²) in [4.78, 5) is 4.22. The number of aryl methyl sites for hydroxylation is 2. The molecule has 1 saturated carbocycles. The Balaban J connectivity index is 1.80. The van der Waals surface area contributed by atoms with E-state index in [4.69, 9.17) is 4.52 Å². The van der Waals surface area contributed by atoms with Gasteiger partial charge in [-0.05, 0) is 32.1 Å². The smallest absolute Gasteiger partial charge is 0.191 e. The number of nitrogens with one attached hydrogen (secondary N) is 2. The van der Waals surface area contributed by atoms with Crippen LogP contribution < -0.4 is 10.6 Å². The maximum Gasteiger partial charge on any atom is 0.191 e. The summed E-state index contributed by atoms with van der Waals surface area (Å²) >= 11 is 0. The second kappa shape index (κ2) is 5.42. The first-order chi connectivity index (χ1) is 8.61. The molecule has 0 amide bonds. The molecule has 2 rings (SSSR count). The molecule has 1 aliphatic rings. The summed E-state index contributed by atoms with van der Waals surface area (Å²) in [5.41, 5.74) is 2.05. The lowest BCUT2D eigenvalue weighted by Gasteiger charge is -2.11. The zero-order chi connectivity index (χ0) is 13.1. The number of rotatable bonds is 4. The van der Waals surface area contributed by atoms with Gasteiger partial charge in [-0.2, -0.15) is 0 Å². The van der Waals surface area contributed by atoms with Gasteiger partial charge >= 0.3 is 0 Å². The van der Waals surface area contributed by atoms with Crippen LogP contribution >= 0.6 is 0 Å². The highest BCUT2D eigenvalue weighted by Gasteiger charge is 2.32. The highest BCUT2D eigenvalue weighted by Crippen LogP contribution is 2.36. The second-order valence-electron chi connectivity index (χ2n) is 5.08. The van der Waals surface area contributed by atoms with E-state index in [-0.39, 0.29) is 0 Å². The Kier molecular flexibility index (Phi) is 3.89. The van der Waals surface area contributed by atoms with Crippen LogP contribution in [0.3, 0.4) is 0 Å². The maximum absolute atomic E-state index is 5.13. The Morgan fingerprint density at radius 1 is 1.44 bits per heavy atom.